The van der Waals surface area contributed by atoms with Crippen LogP contribution in [0.25, 0.3) is 0 Å². The standard InChI is InChI=1S/C14H11F3N3O4S/c15-14(16,17)13(18-10-6-8-11(9-7-10)20(21)22)19-25(23,24)12-4-2-1-3-5-12/h1-9H,(H,18,19)(H,21,22)/q+1. The van der Waals surface area contributed by atoms with E-state index in [1.54, 1.807) is 0 Å². The number of amidine groups is 1. The normalized spacial score (nSPS) is 12.7. The van der Waals surface area contributed by atoms with E-state index >= 15 is 0 Å². The minimum atomic E-state index is -5.07. The van der Waals surface area contributed by atoms with Crippen LogP contribution in [-0.2, 0) is 10.0 Å². The summed E-state index contributed by atoms with van der Waals surface area (Å²) in [5, 5.41) is 8.67. The van der Waals surface area contributed by atoms with Crippen molar-refractivity contribution in [3.63, 3.8) is 0 Å². The SMILES string of the molecule is O=[N+](O)c1ccc(/N=C(/NS(=O)(=O)c2ccccc2)C(F)(F)F)cc1. The minimum Gasteiger partial charge on any atom is -0.259 e. The topological polar surface area (TPSA) is 98.8 Å². The first-order valence-corrected chi connectivity index (χ1v) is 8.08. The third-order valence-electron chi connectivity index (χ3n) is 2.86. The maximum absolute atomic E-state index is 13.1. The zero-order valence-corrected chi connectivity index (χ0v) is 13.1. The Kier molecular flexibility index (Phi) is 5.07. The second kappa shape index (κ2) is 6.89. The van der Waals surface area contributed by atoms with Crippen molar-refractivity contribution in [3.8, 4) is 0 Å². The van der Waals surface area contributed by atoms with Gasteiger partial charge >= 0.3 is 11.9 Å². The molecule has 0 amide bonds. The molecule has 2 aromatic carbocycles. The van der Waals surface area contributed by atoms with Crippen LogP contribution in [0.4, 0.5) is 24.5 Å². The van der Waals surface area contributed by atoms with Gasteiger partial charge in [-0.2, -0.15) is 13.2 Å². The van der Waals surface area contributed by atoms with E-state index < -0.39 is 27.0 Å². The summed E-state index contributed by atoms with van der Waals surface area (Å²) in [4.78, 5) is 13.1. The fourth-order valence-electron chi connectivity index (χ4n) is 1.71. The molecule has 0 spiro atoms. The Hall–Kier alpha value is -2.95. The summed E-state index contributed by atoms with van der Waals surface area (Å²) in [6.45, 7) is 0. The highest BCUT2D eigenvalue weighted by atomic mass is 32.2. The Bertz CT molecular complexity index is 895. The highest BCUT2D eigenvalue weighted by Crippen LogP contribution is 2.23. The molecule has 2 aromatic rings. The van der Waals surface area contributed by atoms with Crippen LogP contribution >= 0.6 is 0 Å². The van der Waals surface area contributed by atoms with E-state index in [4.69, 9.17) is 5.21 Å². The third kappa shape index (κ3) is 4.76. The lowest BCUT2D eigenvalue weighted by molar-refractivity contribution is -0.729. The van der Waals surface area contributed by atoms with Crippen molar-refractivity contribution in [2.24, 2.45) is 4.99 Å². The highest BCUT2D eigenvalue weighted by Gasteiger charge is 2.39. The predicted molar refractivity (Wildman–Crippen MR) is 81.4 cm³/mol. The number of halogens is 3. The number of hydrogen-bond acceptors (Lipinski definition) is 4. The largest absolute Gasteiger partial charge is 0.450 e. The van der Waals surface area contributed by atoms with E-state index in [-0.39, 0.29) is 16.3 Å². The molecule has 11 heteroatoms. The van der Waals surface area contributed by atoms with Crippen molar-refractivity contribution in [1.29, 1.82) is 0 Å². The maximum atomic E-state index is 13.1. The molecule has 0 aliphatic heterocycles. The van der Waals surface area contributed by atoms with E-state index in [0.29, 0.717) is 0 Å². The fourth-order valence-corrected chi connectivity index (χ4v) is 2.76. The Morgan fingerprint density at radius 1 is 1.04 bits per heavy atom. The molecule has 132 valence electrons. The van der Waals surface area contributed by atoms with Crippen molar-refractivity contribution in [2.75, 3.05) is 0 Å². The van der Waals surface area contributed by atoms with Gasteiger partial charge in [0.15, 0.2) is 0 Å². The first kappa shape index (κ1) is 18.4. The number of aliphatic imine (C=N–C) groups is 1. The summed E-state index contributed by atoms with van der Waals surface area (Å²) in [6, 6.07) is 10.6. The molecule has 0 aliphatic rings. The summed E-state index contributed by atoms with van der Waals surface area (Å²) in [7, 11) is -4.48. The van der Waals surface area contributed by atoms with Crippen LogP contribution in [0, 0.1) is 4.91 Å². The molecule has 0 bridgehead atoms. The molecule has 0 saturated heterocycles. The molecule has 0 saturated carbocycles. The molecule has 0 heterocycles. The van der Waals surface area contributed by atoms with Crippen LogP contribution < -0.4 is 4.72 Å². The van der Waals surface area contributed by atoms with Crippen molar-refractivity contribution in [2.45, 2.75) is 11.1 Å². The monoisotopic (exact) mass is 374 g/mol. The van der Waals surface area contributed by atoms with E-state index in [1.807, 2.05) is 0 Å². The molecule has 0 aliphatic carbocycles. The average Bonchev–Trinajstić information content (AvgIpc) is 2.54. The Morgan fingerprint density at radius 3 is 2.08 bits per heavy atom. The van der Waals surface area contributed by atoms with Gasteiger partial charge in [-0.15, -0.1) is 0 Å². The number of rotatable bonds is 4. The fraction of sp³-hybridized carbons (Fsp3) is 0.0714. The maximum Gasteiger partial charge on any atom is 0.450 e. The zero-order valence-electron chi connectivity index (χ0n) is 12.3. The molecule has 0 unspecified atom stereocenters. The summed E-state index contributed by atoms with van der Waals surface area (Å²) in [5.74, 6) is -1.74. The van der Waals surface area contributed by atoms with Crippen LogP contribution in [0.2, 0.25) is 0 Å². The summed E-state index contributed by atoms with van der Waals surface area (Å²) in [5.41, 5.74) is -0.494. The molecule has 2 N–H and O–H groups in total. The summed E-state index contributed by atoms with van der Waals surface area (Å²) < 4.78 is 64.8. The van der Waals surface area contributed by atoms with Gasteiger partial charge in [0.25, 0.3) is 14.9 Å². The van der Waals surface area contributed by atoms with Gasteiger partial charge in [0, 0.05) is 12.1 Å². The Labute approximate surface area is 140 Å². The van der Waals surface area contributed by atoms with E-state index in [0.717, 1.165) is 36.4 Å². The quantitative estimate of drug-likeness (QED) is 0.488. The molecule has 7 nitrogen and oxygen atoms in total. The highest BCUT2D eigenvalue weighted by molar-refractivity contribution is 7.90. The van der Waals surface area contributed by atoms with Gasteiger partial charge in [-0.25, -0.2) is 18.6 Å². The van der Waals surface area contributed by atoms with Gasteiger partial charge in [-0.1, -0.05) is 18.2 Å². The molecule has 0 fully saturated rings. The van der Waals surface area contributed by atoms with Crippen LogP contribution in [0.15, 0.2) is 64.5 Å². The van der Waals surface area contributed by atoms with Gasteiger partial charge in [0.2, 0.25) is 5.84 Å². The van der Waals surface area contributed by atoms with Gasteiger partial charge in [-0.05, 0) is 24.3 Å². The summed E-state index contributed by atoms with van der Waals surface area (Å²) >= 11 is 0. The number of nitrogens with one attached hydrogen (secondary N) is 1. The molecule has 2 rings (SSSR count). The van der Waals surface area contributed by atoms with E-state index in [2.05, 4.69) is 4.99 Å². The van der Waals surface area contributed by atoms with Gasteiger partial charge < -0.3 is 0 Å². The number of nitrogens with zero attached hydrogens (tertiary/aromatic N) is 2. The Balaban J connectivity index is 2.38. The molecule has 0 aromatic heterocycles. The van der Waals surface area contributed by atoms with Gasteiger partial charge in [0.05, 0.1) is 15.5 Å². The van der Waals surface area contributed by atoms with Gasteiger partial charge in [-0.3, -0.25) is 4.72 Å². The van der Waals surface area contributed by atoms with Crippen molar-refractivity contribution >= 4 is 27.2 Å². The van der Waals surface area contributed by atoms with Crippen molar-refractivity contribution in [1.82, 2.24) is 4.72 Å². The molecular weight excluding hydrogens is 363 g/mol. The lowest BCUT2D eigenvalue weighted by Crippen LogP contribution is -2.40. The number of alkyl halides is 3. The number of benzene rings is 2. The number of hydrogen-bond donors (Lipinski definition) is 2. The van der Waals surface area contributed by atoms with Crippen LogP contribution in [-0.4, -0.2) is 30.6 Å². The van der Waals surface area contributed by atoms with E-state index in [9.17, 15) is 26.5 Å². The third-order valence-corrected chi connectivity index (χ3v) is 4.22. The lowest BCUT2D eigenvalue weighted by atomic mass is 10.3. The molecule has 0 atom stereocenters. The van der Waals surface area contributed by atoms with Crippen molar-refractivity contribution in [3.05, 3.63) is 59.5 Å². The van der Waals surface area contributed by atoms with Crippen LogP contribution in [0.5, 0.6) is 0 Å². The second-order valence-corrected chi connectivity index (χ2v) is 6.35. The lowest BCUT2D eigenvalue weighted by Gasteiger charge is -2.13. The molecular formula is C14H11F3N3O4S+. The zero-order chi connectivity index (χ0) is 18.7. The van der Waals surface area contributed by atoms with E-state index in [1.165, 1.54) is 22.9 Å². The smallest absolute Gasteiger partial charge is 0.259 e. The van der Waals surface area contributed by atoms with Crippen LogP contribution in [0.3, 0.4) is 0 Å². The molecule has 25 heavy (non-hydrogen) atoms. The average molecular weight is 374 g/mol. The second-order valence-electron chi connectivity index (χ2n) is 4.67. The number of sulfonamides is 1. The molecule has 0 radical (unpaired) electrons. The Morgan fingerprint density at radius 2 is 1.60 bits per heavy atom. The predicted octanol–water partition coefficient (Wildman–Crippen LogP) is 3.06. The van der Waals surface area contributed by atoms with Crippen LogP contribution in [0.1, 0.15) is 0 Å². The first-order chi connectivity index (χ1) is 11.6. The van der Waals surface area contributed by atoms with Crippen molar-refractivity contribution < 1.29 is 31.7 Å². The first-order valence-electron chi connectivity index (χ1n) is 6.59. The summed E-state index contributed by atoms with van der Waals surface area (Å²) in [6.07, 6.45) is -5.07. The van der Waals surface area contributed by atoms with Gasteiger partial charge in [0.1, 0.15) is 0 Å². The minimum absolute atomic E-state index is 0.225.